The van der Waals surface area contributed by atoms with E-state index in [1.807, 2.05) is 12.1 Å². The molecule has 2 N–H and O–H groups in total. The van der Waals surface area contributed by atoms with Crippen molar-refractivity contribution in [3.63, 3.8) is 0 Å². The topological polar surface area (TPSA) is 102 Å². The molecule has 0 unspecified atom stereocenters. The molecule has 0 aliphatic rings. The Balaban J connectivity index is 1.25. The highest BCUT2D eigenvalue weighted by Crippen LogP contribution is 2.40. The predicted molar refractivity (Wildman–Crippen MR) is 223 cm³/mol. The summed E-state index contributed by atoms with van der Waals surface area (Å²) >= 11 is 0. The zero-order valence-electron chi connectivity index (χ0n) is 34.8. The summed E-state index contributed by atoms with van der Waals surface area (Å²) in [7, 11) is 0. The van der Waals surface area contributed by atoms with E-state index in [0.717, 1.165) is 46.5 Å². The Morgan fingerprint density at radius 2 is 0.891 bits per heavy atom. The number of aromatic hydroxyl groups is 2. The van der Waals surface area contributed by atoms with Crippen LogP contribution >= 0.6 is 0 Å². The molecule has 288 valence electrons. The summed E-state index contributed by atoms with van der Waals surface area (Å²) in [5.74, 6) is 0.240. The molecule has 0 aliphatic heterocycles. The first-order chi connectivity index (χ1) is 25.6. The summed E-state index contributed by atoms with van der Waals surface area (Å²) in [4.78, 5) is 3.19. The number of phenolic OH excluding ortho intramolecular Hbond substituents is 2. The minimum atomic E-state index is -0.00459. The highest BCUT2D eigenvalue weighted by molar-refractivity contribution is 5.65. The third-order valence-corrected chi connectivity index (χ3v) is 10.5. The first-order valence-electron chi connectivity index (χ1n) is 19.3. The highest BCUT2D eigenvalue weighted by Gasteiger charge is 2.29. The zero-order valence-corrected chi connectivity index (χ0v) is 34.8. The average molecular weight is 739 g/mol. The fourth-order valence-electron chi connectivity index (χ4n) is 8.40. The summed E-state index contributed by atoms with van der Waals surface area (Å²) in [5.41, 5.74) is 11.5. The van der Waals surface area contributed by atoms with Crippen molar-refractivity contribution in [2.24, 2.45) is 10.8 Å². The van der Waals surface area contributed by atoms with E-state index in [4.69, 9.17) is 10.2 Å². The Labute approximate surface area is 327 Å². The van der Waals surface area contributed by atoms with Gasteiger partial charge in [-0.3, -0.25) is 0 Å². The molecule has 2 heterocycles. The number of hydrogen-bond acceptors (Lipinski definition) is 6. The molecule has 0 radical (unpaired) electrons. The van der Waals surface area contributed by atoms with Crippen molar-refractivity contribution in [2.45, 2.75) is 113 Å². The lowest BCUT2D eigenvalue weighted by molar-refractivity contribution is 0.283. The zero-order chi connectivity index (χ0) is 40.1. The molecule has 0 amide bonds. The van der Waals surface area contributed by atoms with Gasteiger partial charge in [-0.2, -0.15) is 19.8 Å². The molecule has 6 aromatic rings. The molecule has 55 heavy (non-hydrogen) atoms. The van der Waals surface area contributed by atoms with Crippen LogP contribution < -0.4 is 0 Å². The van der Waals surface area contributed by atoms with Crippen molar-refractivity contribution in [2.75, 3.05) is 0 Å². The minimum Gasteiger partial charge on any atom is -0.508 e. The van der Waals surface area contributed by atoms with Gasteiger partial charge in [-0.05, 0) is 119 Å². The first-order valence-corrected chi connectivity index (χ1v) is 19.3. The minimum absolute atomic E-state index is 0.00459. The molecule has 0 spiro atoms. The second kappa shape index (κ2) is 14.4. The van der Waals surface area contributed by atoms with Gasteiger partial charge in [-0.1, -0.05) is 93.5 Å². The van der Waals surface area contributed by atoms with E-state index in [2.05, 4.69) is 130 Å². The van der Waals surface area contributed by atoms with Gasteiger partial charge in [0.05, 0.1) is 23.8 Å². The number of benzene rings is 4. The van der Waals surface area contributed by atoms with E-state index in [1.165, 1.54) is 11.1 Å². The smallest absolute Gasteiger partial charge is 0.119 e. The van der Waals surface area contributed by atoms with Gasteiger partial charge in [-0.15, -0.1) is 10.2 Å². The molecule has 4 aromatic carbocycles. The lowest BCUT2D eigenvalue weighted by Gasteiger charge is -2.33. The van der Waals surface area contributed by atoms with E-state index in [1.54, 1.807) is 46.3 Å². The normalized spacial score (nSPS) is 12.7. The van der Waals surface area contributed by atoms with E-state index in [-0.39, 0.29) is 39.6 Å². The van der Waals surface area contributed by atoms with Gasteiger partial charge < -0.3 is 10.2 Å². The van der Waals surface area contributed by atoms with E-state index < -0.39 is 0 Å². The highest BCUT2D eigenvalue weighted by atomic mass is 16.3. The van der Waals surface area contributed by atoms with Gasteiger partial charge in [0.2, 0.25) is 0 Å². The Bertz CT molecular complexity index is 2170. The second-order valence-corrected chi connectivity index (χ2v) is 19.1. The number of aromatic nitrogens is 6. The third-order valence-electron chi connectivity index (χ3n) is 10.5. The Kier molecular flexibility index (Phi) is 10.4. The van der Waals surface area contributed by atoms with Crippen LogP contribution in [0.1, 0.15) is 115 Å². The van der Waals surface area contributed by atoms with Crippen LogP contribution in [-0.2, 0) is 17.3 Å². The monoisotopic (exact) mass is 738 g/mol. The molecule has 0 saturated carbocycles. The summed E-state index contributed by atoms with van der Waals surface area (Å²) in [6, 6.07) is 23.9. The summed E-state index contributed by atoms with van der Waals surface area (Å²) < 4.78 is 0. The fraction of sp³-hybridized carbons (Fsp3) is 0.404. The van der Waals surface area contributed by atoms with Crippen LogP contribution in [0, 0.1) is 24.7 Å². The van der Waals surface area contributed by atoms with Crippen LogP contribution in [-0.4, -0.2) is 40.2 Å². The second-order valence-electron chi connectivity index (χ2n) is 19.1. The van der Waals surface area contributed by atoms with E-state index in [0.29, 0.717) is 22.5 Å². The molecule has 0 fully saturated rings. The van der Waals surface area contributed by atoms with Gasteiger partial charge in [0, 0.05) is 28.7 Å². The first kappa shape index (κ1) is 39.5. The van der Waals surface area contributed by atoms with Crippen LogP contribution in [0.25, 0.3) is 33.9 Å². The van der Waals surface area contributed by atoms with Gasteiger partial charge in [0.15, 0.2) is 0 Å². The molecule has 8 nitrogen and oxygen atoms in total. The van der Waals surface area contributed by atoms with Crippen LogP contribution in [0.15, 0.2) is 85.2 Å². The summed E-state index contributed by atoms with van der Waals surface area (Å²) in [6.07, 6.45) is 5.96. The molecule has 0 saturated heterocycles. The molecule has 0 aliphatic carbocycles. The van der Waals surface area contributed by atoms with Gasteiger partial charge in [-0.25, -0.2) is 0 Å². The predicted octanol–water partition coefficient (Wildman–Crippen LogP) is 11.2. The Morgan fingerprint density at radius 1 is 0.509 bits per heavy atom. The lowest BCUT2D eigenvalue weighted by Crippen LogP contribution is -2.24. The summed E-state index contributed by atoms with van der Waals surface area (Å²) in [5, 5.41) is 40.9. The number of hydrogen-bond donors (Lipinski definition) is 2. The average Bonchev–Trinajstić information content (AvgIpc) is 3.76. The van der Waals surface area contributed by atoms with E-state index >= 15 is 0 Å². The van der Waals surface area contributed by atoms with Crippen molar-refractivity contribution in [1.82, 2.24) is 30.0 Å². The quantitative estimate of drug-likeness (QED) is 0.145. The van der Waals surface area contributed by atoms with Crippen LogP contribution in [0.5, 0.6) is 11.5 Å². The van der Waals surface area contributed by atoms with E-state index in [9.17, 15) is 10.2 Å². The largest absolute Gasteiger partial charge is 0.508 e. The SMILES string of the molecule is Cc1ccc(C(C)(C)CC(C)(C)C)cc1-c1cnn(-c2ccc(O)c(Cc3cc(-n4ncc(-c5cc(C(C)(C)CC(C)(C)C)ccc5C)n4)ccc3O)c2)n1. The molecule has 0 atom stereocenters. The van der Waals surface area contributed by atoms with Crippen molar-refractivity contribution < 1.29 is 10.2 Å². The van der Waals surface area contributed by atoms with Crippen molar-refractivity contribution in [3.8, 4) is 45.4 Å². The summed E-state index contributed by atoms with van der Waals surface area (Å²) in [6.45, 7) is 27.1. The molecular weight excluding hydrogens is 681 g/mol. The number of aryl methyl sites for hydroxylation is 2. The van der Waals surface area contributed by atoms with Crippen molar-refractivity contribution in [1.29, 1.82) is 0 Å². The number of phenols is 2. The maximum absolute atomic E-state index is 11.0. The van der Waals surface area contributed by atoms with Crippen molar-refractivity contribution in [3.05, 3.63) is 119 Å². The number of rotatable bonds is 10. The van der Waals surface area contributed by atoms with Gasteiger partial charge in [0.1, 0.15) is 22.9 Å². The fourth-order valence-corrected chi connectivity index (χ4v) is 8.40. The molecule has 0 bridgehead atoms. The van der Waals surface area contributed by atoms with Gasteiger partial charge >= 0.3 is 0 Å². The molecular formula is C47H58N6O2. The van der Waals surface area contributed by atoms with Crippen LogP contribution in [0.2, 0.25) is 0 Å². The van der Waals surface area contributed by atoms with Gasteiger partial charge in [0.25, 0.3) is 0 Å². The lowest BCUT2D eigenvalue weighted by atomic mass is 9.72. The Morgan fingerprint density at radius 3 is 1.25 bits per heavy atom. The molecule has 8 heteroatoms. The number of nitrogens with zero attached hydrogens (tertiary/aromatic N) is 6. The molecule has 6 rings (SSSR count). The standard InChI is InChI=1S/C47H58N6O2/c1-30-13-15-34(46(9,10)28-44(3,4)5)24-38(30)40-26-48-52(50-40)36-17-19-42(54)32(22-36)21-33-23-37(18-20-43(33)55)53-49-27-41(51-53)39-25-35(16-14-31(39)2)47(11,12)29-45(6,7)8/h13-20,22-27,54-55H,21,28-29H2,1-12H3. The van der Waals surface area contributed by atoms with Crippen molar-refractivity contribution >= 4 is 0 Å². The van der Waals surface area contributed by atoms with Crippen LogP contribution in [0.3, 0.4) is 0 Å². The van der Waals surface area contributed by atoms with Crippen LogP contribution in [0.4, 0.5) is 0 Å². The Hall–Kier alpha value is -5.24. The maximum Gasteiger partial charge on any atom is 0.119 e. The maximum atomic E-state index is 11.0. The molecule has 2 aromatic heterocycles. The third kappa shape index (κ3) is 9.01.